The van der Waals surface area contributed by atoms with Gasteiger partial charge in [-0.25, -0.2) is 13.6 Å². The summed E-state index contributed by atoms with van der Waals surface area (Å²) in [5.41, 5.74) is 0.183. The molecule has 0 spiro atoms. The first-order valence-electron chi connectivity index (χ1n) is 6.27. The molecule has 0 aromatic heterocycles. The lowest BCUT2D eigenvalue weighted by Crippen LogP contribution is -2.18. The summed E-state index contributed by atoms with van der Waals surface area (Å²) in [5, 5.41) is 27.7. The fourth-order valence-corrected chi connectivity index (χ4v) is 1.95. The topological polar surface area (TPSA) is 145 Å². The number of hydrogen-bond acceptors (Lipinski definition) is 6. The molecule has 0 saturated carbocycles. The van der Waals surface area contributed by atoms with Crippen molar-refractivity contribution in [2.45, 2.75) is 11.3 Å². The van der Waals surface area contributed by atoms with Crippen molar-refractivity contribution in [3.8, 4) is 6.07 Å². The van der Waals surface area contributed by atoms with E-state index >= 15 is 0 Å². The highest BCUT2D eigenvalue weighted by atomic mass is 32.2. The Morgan fingerprint density at radius 2 is 2.00 bits per heavy atom. The van der Waals surface area contributed by atoms with E-state index in [1.54, 1.807) is 6.07 Å². The summed E-state index contributed by atoms with van der Waals surface area (Å²) in [6, 6.07) is 6.98. The quantitative estimate of drug-likeness (QED) is 0.306. The molecule has 5 N–H and O–H groups in total. The molecule has 8 nitrogen and oxygen atoms in total. The van der Waals surface area contributed by atoms with E-state index in [-0.39, 0.29) is 17.1 Å². The van der Waals surface area contributed by atoms with Crippen LogP contribution in [0.4, 0.5) is 5.69 Å². The summed E-state index contributed by atoms with van der Waals surface area (Å²) >= 11 is 0. The van der Waals surface area contributed by atoms with Crippen LogP contribution in [0.1, 0.15) is 6.42 Å². The van der Waals surface area contributed by atoms with Gasteiger partial charge in [-0.05, 0) is 30.7 Å². The van der Waals surface area contributed by atoms with Gasteiger partial charge in [0.05, 0.1) is 4.90 Å². The molecular weight excluding hydrogens is 308 g/mol. The second-order valence-corrected chi connectivity index (χ2v) is 5.79. The van der Waals surface area contributed by atoms with Gasteiger partial charge in [-0.1, -0.05) is 0 Å². The summed E-state index contributed by atoms with van der Waals surface area (Å²) in [4.78, 5) is 11.8. The fourth-order valence-electron chi connectivity index (χ4n) is 1.43. The lowest BCUT2D eigenvalue weighted by molar-refractivity contribution is -0.112. The number of nitrogens with zero attached hydrogens (tertiary/aromatic N) is 1. The second kappa shape index (κ2) is 8.14. The molecule has 1 amide bonds. The molecule has 0 unspecified atom stereocenters. The van der Waals surface area contributed by atoms with Crippen molar-refractivity contribution in [3.05, 3.63) is 36.0 Å². The van der Waals surface area contributed by atoms with Gasteiger partial charge in [-0.2, -0.15) is 5.26 Å². The van der Waals surface area contributed by atoms with Crippen molar-refractivity contribution in [3.63, 3.8) is 0 Å². The van der Waals surface area contributed by atoms with Crippen LogP contribution in [0.5, 0.6) is 0 Å². The van der Waals surface area contributed by atoms with E-state index in [1.807, 2.05) is 0 Å². The summed E-state index contributed by atoms with van der Waals surface area (Å²) in [7, 11) is -3.79. The average Bonchev–Trinajstić information content (AvgIpc) is 2.47. The normalized spacial score (nSPS) is 11.6. The molecular formula is C13H16N4O4S. The van der Waals surface area contributed by atoms with E-state index in [1.165, 1.54) is 30.5 Å². The molecule has 1 aromatic rings. The highest BCUT2D eigenvalue weighted by molar-refractivity contribution is 7.89. The summed E-state index contributed by atoms with van der Waals surface area (Å²) in [6.45, 7) is 0.434. The predicted molar refractivity (Wildman–Crippen MR) is 79.8 cm³/mol. The lowest BCUT2D eigenvalue weighted by atomic mass is 10.2. The second-order valence-electron chi connectivity index (χ2n) is 4.22. The van der Waals surface area contributed by atoms with Gasteiger partial charge in [0.15, 0.2) is 0 Å². The minimum Gasteiger partial charge on any atom is -0.396 e. The first-order valence-corrected chi connectivity index (χ1v) is 7.82. The van der Waals surface area contributed by atoms with Gasteiger partial charge >= 0.3 is 0 Å². The summed E-state index contributed by atoms with van der Waals surface area (Å²) in [5.74, 6) is -0.637. The molecule has 0 saturated heterocycles. The predicted octanol–water partition coefficient (Wildman–Crippen LogP) is -0.348. The van der Waals surface area contributed by atoms with Gasteiger partial charge in [0.2, 0.25) is 10.0 Å². The van der Waals surface area contributed by atoms with Crippen molar-refractivity contribution in [2.75, 3.05) is 18.5 Å². The van der Waals surface area contributed by atoms with Crippen LogP contribution in [-0.2, 0) is 14.8 Å². The van der Waals surface area contributed by atoms with E-state index in [0.29, 0.717) is 18.7 Å². The Morgan fingerprint density at radius 3 is 2.50 bits per heavy atom. The maximum Gasteiger partial charge on any atom is 0.267 e. The number of carbonyl (C=O) groups is 1. The van der Waals surface area contributed by atoms with Gasteiger partial charge in [-0.15, -0.1) is 0 Å². The Bertz CT molecular complexity index is 690. The summed E-state index contributed by atoms with van der Waals surface area (Å²) < 4.78 is 22.2. The zero-order valence-corrected chi connectivity index (χ0v) is 12.4. The van der Waals surface area contributed by atoms with E-state index < -0.39 is 15.9 Å². The minimum atomic E-state index is -3.79. The highest BCUT2D eigenvalue weighted by Crippen LogP contribution is 2.13. The van der Waals surface area contributed by atoms with Crippen molar-refractivity contribution >= 4 is 21.6 Å². The van der Waals surface area contributed by atoms with E-state index in [2.05, 4.69) is 10.6 Å². The van der Waals surface area contributed by atoms with Crippen molar-refractivity contribution in [2.24, 2.45) is 5.14 Å². The van der Waals surface area contributed by atoms with Crippen molar-refractivity contribution < 1.29 is 18.3 Å². The number of sulfonamides is 1. The number of nitriles is 1. The van der Waals surface area contributed by atoms with Gasteiger partial charge in [0, 0.05) is 25.0 Å². The molecule has 22 heavy (non-hydrogen) atoms. The molecule has 118 valence electrons. The third-order valence-electron chi connectivity index (χ3n) is 2.53. The summed E-state index contributed by atoms with van der Waals surface area (Å²) in [6.07, 6.45) is 1.75. The number of nitrogens with two attached hydrogens (primary N) is 1. The molecule has 1 rings (SSSR count). The fraction of sp³-hybridized carbons (Fsp3) is 0.231. The van der Waals surface area contributed by atoms with Gasteiger partial charge in [0.1, 0.15) is 11.6 Å². The number of amides is 1. The molecule has 0 bridgehead atoms. The number of aliphatic hydroxyl groups excluding tert-OH is 1. The number of aliphatic hydroxyl groups is 1. The SMILES string of the molecule is N#C/C(=C/NCCCO)C(=O)Nc1ccc(S(N)(=O)=O)cc1. The first kappa shape index (κ1) is 17.6. The third-order valence-corrected chi connectivity index (χ3v) is 3.46. The number of carbonyl (C=O) groups excluding carboxylic acids is 1. The number of anilines is 1. The van der Waals surface area contributed by atoms with Gasteiger partial charge in [0.25, 0.3) is 5.91 Å². The van der Waals surface area contributed by atoms with E-state index in [0.717, 1.165) is 0 Å². The van der Waals surface area contributed by atoms with Crippen LogP contribution < -0.4 is 15.8 Å². The van der Waals surface area contributed by atoms with Crippen molar-refractivity contribution in [1.82, 2.24) is 5.32 Å². The third kappa shape index (κ3) is 5.53. The standard InChI is InChI=1S/C13H16N4O4S/c14-8-10(9-16-6-1-7-18)13(19)17-11-2-4-12(5-3-11)22(15,20)21/h2-5,9,16,18H,1,6-7H2,(H,17,19)(H2,15,20,21)/b10-9-. The molecule has 0 aliphatic heterocycles. The van der Waals surface area contributed by atoms with Crippen LogP contribution in [0, 0.1) is 11.3 Å². The number of hydrogen-bond donors (Lipinski definition) is 4. The molecule has 1 aromatic carbocycles. The Hall–Kier alpha value is -2.41. The van der Waals surface area contributed by atoms with Crippen LogP contribution in [0.3, 0.4) is 0 Å². The Labute approximate surface area is 128 Å². The van der Waals surface area contributed by atoms with E-state index in [9.17, 15) is 13.2 Å². The van der Waals surface area contributed by atoms with E-state index in [4.69, 9.17) is 15.5 Å². The van der Waals surface area contributed by atoms with Gasteiger partial charge in [-0.3, -0.25) is 4.79 Å². The van der Waals surface area contributed by atoms with Crippen LogP contribution >= 0.6 is 0 Å². The smallest absolute Gasteiger partial charge is 0.267 e. The Kier molecular flexibility index (Phi) is 6.52. The maximum atomic E-state index is 11.9. The lowest BCUT2D eigenvalue weighted by Gasteiger charge is -2.05. The number of primary sulfonamides is 1. The molecule has 0 fully saturated rings. The number of nitrogens with one attached hydrogen (secondary N) is 2. The molecule has 0 heterocycles. The Balaban J connectivity index is 2.72. The largest absolute Gasteiger partial charge is 0.396 e. The van der Waals surface area contributed by atoms with Crippen LogP contribution in [0.2, 0.25) is 0 Å². The van der Waals surface area contributed by atoms with Crippen LogP contribution in [-0.4, -0.2) is 32.6 Å². The van der Waals surface area contributed by atoms with Crippen molar-refractivity contribution in [1.29, 1.82) is 5.26 Å². The zero-order chi connectivity index (χ0) is 16.6. The number of rotatable bonds is 7. The van der Waals surface area contributed by atoms with Crippen LogP contribution in [0.15, 0.2) is 40.9 Å². The molecule has 0 radical (unpaired) electrons. The Morgan fingerprint density at radius 1 is 1.36 bits per heavy atom. The highest BCUT2D eigenvalue weighted by Gasteiger charge is 2.11. The molecule has 0 aliphatic rings. The average molecular weight is 324 g/mol. The minimum absolute atomic E-state index is 0.00528. The molecule has 0 atom stereocenters. The van der Waals surface area contributed by atoms with Gasteiger partial charge < -0.3 is 15.7 Å². The maximum absolute atomic E-state index is 11.9. The zero-order valence-electron chi connectivity index (χ0n) is 11.6. The molecule has 0 aliphatic carbocycles. The first-order chi connectivity index (χ1) is 10.4. The molecule has 9 heteroatoms. The van der Waals surface area contributed by atoms with Crippen LogP contribution in [0.25, 0.3) is 0 Å². The monoisotopic (exact) mass is 324 g/mol. The number of benzene rings is 1.